The van der Waals surface area contributed by atoms with Gasteiger partial charge in [-0.1, -0.05) is 6.07 Å². The number of aromatic nitrogens is 3. The van der Waals surface area contributed by atoms with Crippen molar-refractivity contribution < 1.29 is 0 Å². The average molecular weight is 246 g/mol. The van der Waals surface area contributed by atoms with Gasteiger partial charge >= 0.3 is 0 Å². The second kappa shape index (κ2) is 4.76. The zero-order valence-corrected chi connectivity index (χ0v) is 9.73. The van der Waals surface area contributed by atoms with Crippen LogP contribution >= 0.6 is 11.6 Å². The quantitative estimate of drug-likeness (QED) is 0.880. The number of nitrogens with zero attached hydrogens (tertiary/aromatic N) is 4. The Kier molecular flexibility index (Phi) is 3.17. The number of benzene rings is 1. The molecule has 0 aliphatic heterocycles. The van der Waals surface area contributed by atoms with Crippen molar-refractivity contribution in [2.45, 2.75) is 6.92 Å². The Morgan fingerprint density at radius 1 is 1.41 bits per heavy atom. The molecular formula is C11H8ClN5. The van der Waals surface area contributed by atoms with Gasteiger partial charge in [0.05, 0.1) is 17.8 Å². The molecule has 0 unspecified atom stereocenters. The summed E-state index contributed by atoms with van der Waals surface area (Å²) in [5, 5.41) is 19.2. The van der Waals surface area contributed by atoms with E-state index in [1.807, 2.05) is 13.0 Å². The highest BCUT2D eigenvalue weighted by Crippen LogP contribution is 2.20. The highest BCUT2D eigenvalue weighted by Gasteiger charge is 2.03. The zero-order valence-electron chi connectivity index (χ0n) is 8.98. The van der Waals surface area contributed by atoms with E-state index in [9.17, 15) is 0 Å². The van der Waals surface area contributed by atoms with Gasteiger partial charge in [0.2, 0.25) is 5.28 Å². The molecule has 0 radical (unpaired) electrons. The van der Waals surface area contributed by atoms with Gasteiger partial charge in [0.15, 0.2) is 5.82 Å². The third-order valence-electron chi connectivity index (χ3n) is 2.16. The van der Waals surface area contributed by atoms with Gasteiger partial charge in [-0.15, -0.1) is 5.10 Å². The van der Waals surface area contributed by atoms with Crippen LogP contribution < -0.4 is 5.32 Å². The Labute approximate surface area is 103 Å². The van der Waals surface area contributed by atoms with Gasteiger partial charge in [0, 0.05) is 5.69 Å². The lowest BCUT2D eigenvalue weighted by Crippen LogP contribution is -1.98. The summed E-state index contributed by atoms with van der Waals surface area (Å²) in [5.74, 6) is 0.489. The maximum absolute atomic E-state index is 8.83. The highest BCUT2D eigenvalue weighted by molar-refractivity contribution is 6.28. The van der Waals surface area contributed by atoms with Gasteiger partial charge in [0.25, 0.3) is 0 Å². The van der Waals surface area contributed by atoms with Crippen LogP contribution in [0.15, 0.2) is 24.4 Å². The van der Waals surface area contributed by atoms with Crippen molar-refractivity contribution in [3.05, 3.63) is 40.8 Å². The van der Waals surface area contributed by atoms with Crippen LogP contribution in [0.1, 0.15) is 11.1 Å². The smallest absolute Gasteiger partial charge is 0.244 e. The van der Waals surface area contributed by atoms with Crippen LogP contribution in [0.5, 0.6) is 0 Å². The topological polar surface area (TPSA) is 74.5 Å². The van der Waals surface area contributed by atoms with Crippen LogP contribution in [0.3, 0.4) is 0 Å². The number of aryl methyl sites for hydroxylation is 1. The van der Waals surface area contributed by atoms with Gasteiger partial charge in [-0.05, 0) is 36.2 Å². The summed E-state index contributed by atoms with van der Waals surface area (Å²) in [5.41, 5.74) is 2.37. The Balaban J connectivity index is 2.33. The second-order valence-corrected chi connectivity index (χ2v) is 3.72. The maximum Gasteiger partial charge on any atom is 0.244 e. The molecule has 6 heteroatoms. The van der Waals surface area contributed by atoms with Crippen LogP contribution in [-0.4, -0.2) is 15.2 Å². The summed E-state index contributed by atoms with van der Waals surface area (Å²) in [7, 11) is 0. The molecule has 0 atom stereocenters. The summed E-state index contributed by atoms with van der Waals surface area (Å²) >= 11 is 5.63. The van der Waals surface area contributed by atoms with E-state index in [-0.39, 0.29) is 5.28 Å². The van der Waals surface area contributed by atoms with E-state index in [1.54, 1.807) is 12.1 Å². The molecule has 1 aromatic heterocycles. The van der Waals surface area contributed by atoms with E-state index in [0.717, 1.165) is 11.3 Å². The number of anilines is 2. The minimum absolute atomic E-state index is 0.0732. The Bertz CT molecular complexity index is 591. The van der Waals surface area contributed by atoms with Crippen molar-refractivity contribution >= 4 is 23.1 Å². The standard InChI is InChI=1S/C11H8ClN5/c1-7-2-3-8(5-13)4-9(7)15-10-6-14-17-11(12)16-10/h2-4,6H,1H3,(H,15,16,17). The summed E-state index contributed by atoms with van der Waals surface area (Å²) in [6.07, 6.45) is 1.46. The molecule has 1 heterocycles. The third kappa shape index (κ3) is 2.68. The number of nitriles is 1. The summed E-state index contributed by atoms with van der Waals surface area (Å²) in [4.78, 5) is 3.96. The van der Waals surface area contributed by atoms with Gasteiger partial charge in [-0.2, -0.15) is 15.3 Å². The summed E-state index contributed by atoms with van der Waals surface area (Å²) in [6, 6.07) is 7.43. The monoisotopic (exact) mass is 245 g/mol. The molecule has 1 aromatic carbocycles. The normalized spacial score (nSPS) is 9.71. The molecule has 0 spiro atoms. The summed E-state index contributed by atoms with van der Waals surface area (Å²) < 4.78 is 0. The molecule has 0 bridgehead atoms. The first-order chi connectivity index (χ1) is 8.19. The number of hydrogen-bond donors (Lipinski definition) is 1. The lowest BCUT2D eigenvalue weighted by Gasteiger charge is -2.08. The first-order valence-electron chi connectivity index (χ1n) is 4.82. The van der Waals surface area contributed by atoms with Crippen molar-refractivity contribution in [1.29, 1.82) is 5.26 Å². The predicted molar refractivity (Wildman–Crippen MR) is 64.0 cm³/mol. The fourth-order valence-corrected chi connectivity index (χ4v) is 1.44. The van der Waals surface area contributed by atoms with Gasteiger partial charge in [-0.25, -0.2) is 0 Å². The Hall–Kier alpha value is -2.19. The first-order valence-corrected chi connectivity index (χ1v) is 5.20. The lowest BCUT2D eigenvalue weighted by molar-refractivity contribution is 0.974. The minimum atomic E-state index is 0.0732. The van der Waals surface area contributed by atoms with Crippen LogP contribution in [0.25, 0.3) is 0 Å². The molecule has 0 aliphatic carbocycles. The molecule has 2 aromatic rings. The molecule has 0 aliphatic rings. The van der Waals surface area contributed by atoms with Gasteiger partial charge in [-0.3, -0.25) is 0 Å². The van der Waals surface area contributed by atoms with Crippen molar-refractivity contribution in [2.24, 2.45) is 0 Å². The average Bonchev–Trinajstić information content (AvgIpc) is 2.32. The molecule has 5 nitrogen and oxygen atoms in total. The number of halogens is 1. The maximum atomic E-state index is 8.83. The lowest BCUT2D eigenvalue weighted by atomic mass is 10.1. The molecule has 84 valence electrons. The van der Waals surface area contributed by atoms with Gasteiger partial charge < -0.3 is 5.32 Å². The van der Waals surface area contributed by atoms with E-state index in [4.69, 9.17) is 16.9 Å². The molecule has 0 saturated carbocycles. The molecular weight excluding hydrogens is 238 g/mol. The van der Waals surface area contributed by atoms with E-state index in [2.05, 4.69) is 26.6 Å². The molecule has 0 amide bonds. The van der Waals surface area contributed by atoms with Crippen molar-refractivity contribution in [3.63, 3.8) is 0 Å². The van der Waals surface area contributed by atoms with Crippen LogP contribution in [0.2, 0.25) is 5.28 Å². The largest absolute Gasteiger partial charge is 0.339 e. The second-order valence-electron chi connectivity index (χ2n) is 3.38. The molecule has 1 N–H and O–H groups in total. The summed E-state index contributed by atoms with van der Waals surface area (Å²) in [6.45, 7) is 1.93. The van der Waals surface area contributed by atoms with Crippen molar-refractivity contribution in [3.8, 4) is 6.07 Å². The number of rotatable bonds is 2. The van der Waals surface area contributed by atoms with Crippen molar-refractivity contribution in [2.75, 3.05) is 5.32 Å². The number of hydrogen-bond acceptors (Lipinski definition) is 5. The fourth-order valence-electron chi connectivity index (χ4n) is 1.31. The molecule has 0 fully saturated rings. The van der Waals surface area contributed by atoms with E-state index in [0.29, 0.717) is 11.4 Å². The van der Waals surface area contributed by atoms with E-state index in [1.165, 1.54) is 6.20 Å². The van der Waals surface area contributed by atoms with Crippen LogP contribution in [0, 0.1) is 18.3 Å². The predicted octanol–water partition coefficient (Wildman–Crippen LogP) is 2.45. The number of nitrogens with one attached hydrogen (secondary N) is 1. The molecule has 0 saturated heterocycles. The molecule has 2 rings (SSSR count). The first kappa shape index (κ1) is 11.3. The molecule has 17 heavy (non-hydrogen) atoms. The van der Waals surface area contributed by atoms with Crippen molar-refractivity contribution in [1.82, 2.24) is 15.2 Å². The van der Waals surface area contributed by atoms with Crippen LogP contribution in [-0.2, 0) is 0 Å². The SMILES string of the molecule is Cc1ccc(C#N)cc1Nc1cnnc(Cl)n1. The van der Waals surface area contributed by atoms with Crippen LogP contribution in [0.4, 0.5) is 11.5 Å². The minimum Gasteiger partial charge on any atom is -0.339 e. The Morgan fingerprint density at radius 3 is 2.94 bits per heavy atom. The third-order valence-corrected chi connectivity index (χ3v) is 2.32. The van der Waals surface area contributed by atoms with Gasteiger partial charge in [0.1, 0.15) is 0 Å². The highest BCUT2D eigenvalue weighted by atomic mass is 35.5. The van der Waals surface area contributed by atoms with E-state index >= 15 is 0 Å². The zero-order chi connectivity index (χ0) is 12.3. The fraction of sp³-hybridized carbons (Fsp3) is 0.0909. The Morgan fingerprint density at radius 2 is 2.24 bits per heavy atom. The van der Waals surface area contributed by atoms with E-state index < -0.39 is 0 Å².